The number of benzene rings is 2. The van der Waals surface area contributed by atoms with Gasteiger partial charge in [-0.15, -0.1) is 0 Å². The van der Waals surface area contributed by atoms with Crippen molar-refractivity contribution in [1.82, 2.24) is 5.32 Å². The van der Waals surface area contributed by atoms with Gasteiger partial charge in [-0.2, -0.15) is 0 Å². The fourth-order valence-corrected chi connectivity index (χ4v) is 3.38. The lowest BCUT2D eigenvalue weighted by Crippen LogP contribution is -2.37. The van der Waals surface area contributed by atoms with Gasteiger partial charge in [0, 0.05) is 12.7 Å². The van der Waals surface area contributed by atoms with Crippen molar-refractivity contribution in [3.8, 4) is 5.75 Å². The minimum atomic E-state index is -3.38. The van der Waals surface area contributed by atoms with Crippen molar-refractivity contribution in [3.63, 3.8) is 0 Å². The van der Waals surface area contributed by atoms with E-state index in [1.54, 1.807) is 0 Å². The lowest BCUT2D eigenvalue weighted by molar-refractivity contribution is 0.219. The first-order valence-electron chi connectivity index (χ1n) is 7.62. The molecule has 3 rings (SSSR count). The zero-order valence-corrected chi connectivity index (χ0v) is 15.0. The van der Waals surface area contributed by atoms with Gasteiger partial charge in [-0.1, -0.05) is 29.8 Å². The summed E-state index contributed by atoms with van der Waals surface area (Å²) in [5.74, 6) is 0.832. The smallest absolute Gasteiger partial charge is 0.319 e. The highest BCUT2D eigenvalue weighted by molar-refractivity contribution is 7.90. The monoisotopic (exact) mass is 380 g/mol. The molecule has 8 heteroatoms. The van der Waals surface area contributed by atoms with Gasteiger partial charge in [0.25, 0.3) is 0 Å². The van der Waals surface area contributed by atoms with Crippen molar-refractivity contribution in [1.29, 1.82) is 0 Å². The number of hydrogen-bond acceptors (Lipinski definition) is 4. The maximum absolute atomic E-state index is 12.1. The Morgan fingerprint density at radius 3 is 2.76 bits per heavy atom. The van der Waals surface area contributed by atoms with Gasteiger partial charge < -0.3 is 15.4 Å². The van der Waals surface area contributed by atoms with E-state index < -0.39 is 15.9 Å². The number of para-hydroxylation sites is 1. The molecule has 0 saturated heterocycles. The fourth-order valence-electron chi connectivity index (χ4n) is 2.57. The van der Waals surface area contributed by atoms with Crippen LogP contribution in [0.2, 0.25) is 5.02 Å². The van der Waals surface area contributed by atoms with Gasteiger partial charge in [-0.3, -0.25) is 0 Å². The van der Waals surface area contributed by atoms with Crippen LogP contribution in [0.4, 0.5) is 10.5 Å². The molecule has 6 nitrogen and oxygen atoms in total. The maximum Gasteiger partial charge on any atom is 0.319 e. The zero-order chi connectivity index (χ0) is 18.0. The molecule has 2 amide bonds. The van der Waals surface area contributed by atoms with E-state index >= 15 is 0 Å². The highest BCUT2D eigenvalue weighted by Gasteiger charge is 2.22. The van der Waals surface area contributed by atoms with E-state index in [4.69, 9.17) is 16.3 Å². The normalized spacial score (nSPS) is 16.0. The summed E-state index contributed by atoms with van der Waals surface area (Å²) in [5.41, 5.74) is 1.34. The second-order valence-corrected chi connectivity index (χ2v) is 8.22. The van der Waals surface area contributed by atoms with E-state index in [2.05, 4.69) is 10.6 Å². The number of fused-ring (bicyclic) bond motifs is 1. The molecule has 1 atom stereocenters. The van der Waals surface area contributed by atoms with Crippen LogP contribution in [0.1, 0.15) is 5.56 Å². The number of nitrogens with one attached hydrogen (secondary N) is 2. The molecule has 1 heterocycles. The van der Waals surface area contributed by atoms with Crippen LogP contribution in [0.15, 0.2) is 47.4 Å². The van der Waals surface area contributed by atoms with Gasteiger partial charge in [-0.05, 0) is 29.8 Å². The van der Waals surface area contributed by atoms with Crippen LogP contribution < -0.4 is 15.4 Å². The van der Waals surface area contributed by atoms with Gasteiger partial charge >= 0.3 is 6.03 Å². The molecular weight excluding hydrogens is 364 g/mol. The second kappa shape index (κ2) is 6.93. The number of rotatable bonds is 4. The molecule has 25 heavy (non-hydrogen) atoms. The van der Waals surface area contributed by atoms with Gasteiger partial charge in [0.15, 0.2) is 9.84 Å². The molecule has 0 fully saturated rings. The van der Waals surface area contributed by atoms with Crippen molar-refractivity contribution in [3.05, 3.63) is 53.1 Å². The van der Waals surface area contributed by atoms with E-state index in [9.17, 15) is 13.2 Å². The van der Waals surface area contributed by atoms with E-state index in [1.165, 1.54) is 18.2 Å². The Morgan fingerprint density at radius 2 is 2.04 bits per heavy atom. The molecule has 0 aromatic heterocycles. The van der Waals surface area contributed by atoms with Crippen molar-refractivity contribution in [2.45, 2.75) is 17.4 Å². The Balaban J connectivity index is 1.59. The Kier molecular flexibility index (Phi) is 4.87. The number of carbonyl (C=O) groups is 1. The van der Waals surface area contributed by atoms with Crippen LogP contribution in [0, 0.1) is 0 Å². The predicted octanol–water partition coefficient (Wildman–Crippen LogP) is 2.87. The summed E-state index contributed by atoms with van der Waals surface area (Å²) < 4.78 is 29.0. The van der Waals surface area contributed by atoms with Gasteiger partial charge in [0.05, 0.1) is 22.2 Å². The van der Waals surface area contributed by atoms with Crippen LogP contribution in [-0.2, 0) is 16.3 Å². The first-order valence-corrected chi connectivity index (χ1v) is 9.89. The lowest BCUT2D eigenvalue weighted by atomic mass is 10.1. The predicted molar refractivity (Wildman–Crippen MR) is 96.1 cm³/mol. The number of hydrogen-bond donors (Lipinski definition) is 2. The highest BCUT2D eigenvalue weighted by Crippen LogP contribution is 2.28. The van der Waals surface area contributed by atoms with Gasteiger partial charge in [-0.25, -0.2) is 13.2 Å². The first-order chi connectivity index (χ1) is 11.8. The Hall–Kier alpha value is -2.25. The topological polar surface area (TPSA) is 84.5 Å². The Labute approximate surface area is 151 Å². The third-order valence-corrected chi connectivity index (χ3v) is 5.26. The average molecular weight is 381 g/mol. The van der Waals surface area contributed by atoms with Gasteiger partial charge in [0.1, 0.15) is 11.9 Å². The SMILES string of the molecule is CS(=O)(=O)c1ccc(Cl)c(NC(=O)NC[C@@H]2Cc3ccccc3O2)c1. The lowest BCUT2D eigenvalue weighted by Gasteiger charge is -2.13. The molecule has 0 bridgehead atoms. The number of amides is 2. The number of carbonyl (C=O) groups excluding carboxylic acids is 1. The molecule has 2 aromatic carbocycles. The van der Waals surface area contributed by atoms with Crippen LogP contribution in [-0.4, -0.2) is 33.4 Å². The fraction of sp³-hybridized carbons (Fsp3) is 0.235. The molecule has 2 aromatic rings. The molecule has 2 N–H and O–H groups in total. The second-order valence-electron chi connectivity index (χ2n) is 5.80. The molecule has 0 saturated carbocycles. The van der Waals surface area contributed by atoms with Crippen LogP contribution in [0.5, 0.6) is 5.75 Å². The number of anilines is 1. The van der Waals surface area contributed by atoms with Crippen LogP contribution in [0.3, 0.4) is 0 Å². The molecule has 0 spiro atoms. The molecule has 0 aliphatic carbocycles. The Bertz CT molecular complexity index is 890. The molecule has 1 aliphatic rings. The van der Waals surface area contributed by atoms with Crippen LogP contribution >= 0.6 is 11.6 Å². The number of ether oxygens (including phenoxy) is 1. The summed E-state index contributed by atoms with van der Waals surface area (Å²) in [6, 6.07) is 11.4. The Morgan fingerprint density at radius 1 is 1.28 bits per heavy atom. The van der Waals surface area contributed by atoms with Crippen molar-refractivity contribution in [2.24, 2.45) is 0 Å². The minimum Gasteiger partial charge on any atom is -0.488 e. The first kappa shape index (κ1) is 17.6. The van der Waals surface area contributed by atoms with Crippen molar-refractivity contribution >= 4 is 33.2 Å². The maximum atomic E-state index is 12.1. The van der Waals surface area contributed by atoms with Crippen molar-refractivity contribution < 1.29 is 17.9 Å². The van der Waals surface area contributed by atoms with E-state index in [0.29, 0.717) is 6.54 Å². The molecule has 0 unspecified atom stereocenters. The van der Waals surface area contributed by atoms with E-state index in [-0.39, 0.29) is 21.7 Å². The summed E-state index contributed by atoms with van der Waals surface area (Å²) in [7, 11) is -3.38. The summed E-state index contributed by atoms with van der Waals surface area (Å²) >= 11 is 6.02. The summed E-state index contributed by atoms with van der Waals surface area (Å²) in [6.45, 7) is 0.323. The summed E-state index contributed by atoms with van der Waals surface area (Å²) in [4.78, 5) is 12.2. The average Bonchev–Trinajstić information content (AvgIpc) is 2.97. The van der Waals surface area contributed by atoms with Crippen molar-refractivity contribution in [2.75, 3.05) is 18.1 Å². The number of urea groups is 1. The number of sulfone groups is 1. The largest absolute Gasteiger partial charge is 0.488 e. The highest BCUT2D eigenvalue weighted by atomic mass is 35.5. The van der Waals surface area contributed by atoms with E-state index in [1.807, 2.05) is 24.3 Å². The summed E-state index contributed by atoms with van der Waals surface area (Å²) in [6.07, 6.45) is 1.68. The molecular formula is C17H17ClN2O4S. The quantitative estimate of drug-likeness (QED) is 0.854. The minimum absolute atomic E-state index is 0.0850. The third-order valence-electron chi connectivity index (χ3n) is 3.82. The molecule has 132 valence electrons. The standard InChI is InChI=1S/C17H17ClN2O4S/c1-25(22,23)13-6-7-14(18)15(9-13)20-17(21)19-10-12-8-11-4-2-3-5-16(11)24-12/h2-7,9,12H,8,10H2,1H3,(H2,19,20,21)/t12-/m0/s1. The van der Waals surface area contributed by atoms with E-state index in [0.717, 1.165) is 24.0 Å². The summed E-state index contributed by atoms with van der Waals surface area (Å²) in [5, 5.41) is 5.53. The van der Waals surface area contributed by atoms with Gasteiger partial charge in [0.2, 0.25) is 0 Å². The molecule has 0 radical (unpaired) electrons. The third kappa shape index (κ3) is 4.24. The van der Waals surface area contributed by atoms with Crippen LogP contribution in [0.25, 0.3) is 0 Å². The number of halogens is 1. The molecule has 1 aliphatic heterocycles. The zero-order valence-electron chi connectivity index (χ0n) is 13.5.